The number of benzene rings is 2. The van der Waals surface area contributed by atoms with Gasteiger partial charge in [0.25, 0.3) is 0 Å². The van der Waals surface area contributed by atoms with E-state index in [0.717, 1.165) is 0 Å². The Labute approximate surface area is 111 Å². The fraction of sp³-hybridized carbons (Fsp3) is 0.200. The third kappa shape index (κ3) is 3.05. The summed E-state index contributed by atoms with van der Waals surface area (Å²) in [5.41, 5.74) is 0.717. The summed E-state index contributed by atoms with van der Waals surface area (Å²) in [7, 11) is 0. The van der Waals surface area contributed by atoms with E-state index in [-0.39, 0.29) is 17.9 Å². The molecule has 0 amide bonds. The number of aliphatic hydroxyl groups is 2. The SMILES string of the molecule is Oc1ccccc1[C@@H](O)C[C@H](O)c1ccccc1O. The van der Waals surface area contributed by atoms with Crippen molar-refractivity contribution in [1.82, 2.24) is 0 Å². The van der Waals surface area contributed by atoms with Gasteiger partial charge in [-0.2, -0.15) is 0 Å². The van der Waals surface area contributed by atoms with Gasteiger partial charge >= 0.3 is 0 Å². The van der Waals surface area contributed by atoms with Gasteiger partial charge in [-0.25, -0.2) is 0 Å². The lowest BCUT2D eigenvalue weighted by Gasteiger charge is -2.17. The molecule has 0 heterocycles. The number of hydrogen-bond donors (Lipinski definition) is 4. The topological polar surface area (TPSA) is 80.9 Å². The van der Waals surface area contributed by atoms with Gasteiger partial charge in [0, 0.05) is 17.5 Å². The highest BCUT2D eigenvalue weighted by atomic mass is 16.3. The van der Waals surface area contributed by atoms with E-state index < -0.39 is 12.2 Å². The summed E-state index contributed by atoms with van der Waals surface area (Å²) >= 11 is 0. The Morgan fingerprint density at radius 2 is 1.05 bits per heavy atom. The van der Waals surface area contributed by atoms with E-state index >= 15 is 0 Å². The van der Waals surface area contributed by atoms with Gasteiger partial charge in [-0.1, -0.05) is 36.4 Å². The van der Waals surface area contributed by atoms with E-state index in [1.165, 1.54) is 12.1 Å². The van der Waals surface area contributed by atoms with E-state index in [1.54, 1.807) is 36.4 Å². The lowest BCUT2D eigenvalue weighted by Crippen LogP contribution is -2.06. The Morgan fingerprint density at radius 1 is 0.684 bits per heavy atom. The van der Waals surface area contributed by atoms with Crippen LogP contribution in [0.15, 0.2) is 48.5 Å². The van der Waals surface area contributed by atoms with Crippen molar-refractivity contribution in [2.45, 2.75) is 18.6 Å². The minimum atomic E-state index is -1.00. The van der Waals surface area contributed by atoms with Gasteiger partial charge in [0.2, 0.25) is 0 Å². The molecular weight excluding hydrogens is 244 g/mol. The normalized spacial score (nSPS) is 14.0. The summed E-state index contributed by atoms with van der Waals surface area (Å²) < 4.78 is 0. The zero-order chi connectivity index (χ0) is 13.8. The highest BCUT2D eigenvalue weighted by Gasteiger charge is 2.19. The van der Waals surface area contributed by atoms with Crippen LogP contribution in [-0.4, -0.2) is 20.4 Å². The largest absolute Gasteiger partial charge is 0.508 e. The molecule has 0 aliphatic rings. The second-order valence-corrected chi connectivity index (χ2v) is 4.38. The molecule has 0 aliphatic heterocycles. The molecule has 4 heteroatoms. The van der Waals surface area contributed by atoms with Crippen LogP contribution in [0.25, 0.3) is 0 Å². The number of hydrogen-bond acceptors (Lipinski definition) is 4. The molecule has 0 fully saturated rings. The van der Waals surface area contributed by atoms with E-state index in [1.807, 2.05) is 0 Å². The monoisotopic (exact) mass is 260 g/mol. The Bertz CT molecular complexity index is 504. The first-order chi connectivity index (χ1) is 9.09. The summed E-state index contributed by atoms with van der Waals surface area (Å²) in [6, 6.07) is 12.9. The molecule has 0 saturated carbocycles. The molecule has 19 heavy (non-hydrogen) atoms. The molecule has 0 saturated heterocycles. The van der Waals surface area contributed by atoms with Crippen LogP contribution in [0.3, 0.4) is 0 Å². The van der Waals surface area contributed by atoms with Gasteiger partial charge in [0.1, 0.15) is 11.5 Å². The molecule has 4 N–H and O–H groups in total. The maximum Gasteiger partial charge on any atom is 0.121 e. The highest BCUT2D eigenvalue weighted by Crippen LogP contribution is 2.33. The molecule has 0 aromatic heterocycles. The van der Waals surface area contributed by atoms with Gasteiger partial charge in [-0.05, 0) is 12.1 Å². The molecule has 0 aliphatic carbocycles. The Hall–Kier alpha value is -2.04. The number of aliphatic hydroxyl groups excluding tert-OH is 2. The van der Waals surface area contributed by atoms with Crippen LogP contribution in [0, 0.1) is 0 Å². The molecule has 2 aromatic rings. The van der Waals surface area contributed by atoms with Gasteiger partial charge in [-0.3, -0.25) is 0 Å². The summed E-state index contributed by atoms with van der Waals surface area (Å²) in [6.45, 7) is 0. The van der Waals surface area contributed by atoms with Crippen molar-refractivity contribution in [3.63, 3.8) is 0 Å². The van der Waals surface area contributed by atoms with Crippen LogP contribution < -0.4 is 0 Å². The van der Waals surface area contributed by atoms with E-state index in [9.17, 15) is 20.4 Å². The number of phenolic OH excluding ortho intramolecular Hbond substituents is 2. The predicted molar refractivity (Wildman–Crippen MR) is 70.8 cm³/mol. The number of para-hydroxylation sites is 2. The minimum Gasteiger partial charge on any atom is -0.508 e. The van der Waals surface area contributed by atoms with Crippen molar-refractivity contribution in [2.75, 3.05) is 0 Å². The predicted octanol–water partition coefficient (Wildman–Crippen LogP) is 2.25. The summed E-state index contributed by atoms with van der Waals surface area (Å²) in [5, 5.41) is 39.3. The molecule has 100 valence electrons. The van der Waals surface area contributed by atoms with Crippen molar-refractivity contribution in [3.8, 4) is 11.5 Å². The maximum absolute atomic E-state index is 10.0. The van der Waals surface area contributed by atoms with Crippen molar-refractivity contribution >= 4 is 0 Å². The summed E-state index contributed by atoms with van der Waals surface area (Å²) in [4.78, 5) is 0. The van der Waals surface area contributed by atoms with Crippen LogP contribution >= 0.6 is 0 Å². The average molecular weight is 260 g/mol. The smallest absolute Gasteiger partial charge is 0.121 e. The second-order valence-electron chi connectivity index (χ2n) is 4.38. The van der Waals surface area contributed by atoms with Crippen LogP contribution in [0.5, 0.6) is 11.5 Å². The highest BCUT2D eigenvalue weighted by molar-refractivity contribution is 5.36. The van der Waals surface area contributed by atoms with E-state index in [0.29, 0.717) is 11.1 Å². The van der Waals surface area contributed by atoms with Crippen molar-refractivity contribution in [3.05, 3.63) is 59.7 Å². The molecule has 2 rings (SSSR count). The molecule has 2 atom stereocenters. The Balaban J connectivity index is 2.13. The molecule has 2 aromatic carbocycles. The van der Waals surface area contributed by atoms with E-state index in [2.05, 4.69) is 0 Å². The first-order valence-corrected chi connectivity index (χ1v) is 6.01. The standard InChI is InChI=1S/C15H16O4/c16-12-7-3-1-5-10(12)14(18)9-15(19)11-6-2-4-8-13(11)17/h1-8,14-19H,9H2/t14-,15-/m0/s1. The zero-order valence-corrected chi connectivity index (χ0v) is 10.3. The lowest BCUT2D eigenvalue weighted by atomic mass is 9.98. The van der Waals surface area contributed by atoms with Crippen LogP contribution in [0.2, 0.25) is 0 Å². The second kappa shape index (κ2) is 5.73. The molecular formula is C15H16O4. The number of aromatic hydroxyl groups is 2. The van der Waals surface area contributed by atoms with Crippen LogP contribution in [0.1, 0.15) is 29.8 Å². The average Bonchev–Trinajstić information content (AvgIpc) is 2.39. The molecule has 0 bridgehead atoms. The fourth-order valence-corrected chi connectivity index (χ4v) is 2.00. The number of phenols is 2. The molecule has 4 nitrogen and oxygen atoms in total. The molecule has 0 radical (unpaired) electrons. The first-order valence-electron chi connectivity index (χ1n) is 6.01. The van der Waals surface area contributed by atoms with Crippen molar-refractivity contribution in [1.29, 1.82) is 0 Å². The molecule has 0 spiro atoms. The van der Waals surface area contributed by atoms with E-state index in [4.69, 9.17) is 0 Å². The third-order valence-corrected chi connectivity index (χ3v) is 3.04. The summed E-state index contributed by atoms with van der Waals surface area (Å²) in [6.07, 6.45) is -2.01. The number of rotatable bonds is 4. The summed E-state index contributed by atoms with van der Waals surface area (Å²) in [5.74, 6) is -0.0287. The minimum absolute atomic E-state index is 0.00481. The van der Waals surface area contributed by atoms with Gasteiger partial charge in [0.15, 0.2) is 0 Å². The maximum atomic E-state index is 10.0. The quantitative estimate of drug-likeness (QED) is 0.679. The third-order valence-electron chi connectivity index (χ3n) is 3.04. The zero-order valence-electron chi connectivity index (χ0n) is 10.3. The Morgan fingerprint density at radius 3 is 1.42 bits per heavy atom. The Kier molecular flexibility index (Phi) is 4.04. The van der Waals surface area contributed by atoms with Crippen molar-refractivity contribution < 1.29 is 20.4 Å². The molecule has 0 unspecified atom stereocenters. The van der Waals surface area contributed by atoms with Gasteiger partial charge in [0.05, 0.1) is 12.2 Å². The van der Waals surface area contributed by atoms with Crippen LogP contribution in [0.4, 0.5) is 0 Å². The first kappa shape index (κ1) is 13.4. The van der Waals surface area contributed by atoms with Gasteiger partial charge < -0.3 is 20.4 Å². The van der Waals surface area contributed by atoms with Gasteiger partial charge in [-0.15, -0.1) is 0 Å². The lowest BCUT2D eigenvalue weighted by molar-refractivity contribution is 0.0777. The van der Waals surface area contributed by atoms with Crippen LogP contribution in [-0.2, 0) is 0 Å². The fourth-order valence-electron chi connectivity index (χ4n) is 2.00. The van der Waals surface area contributed by atoms with Crippen molar-refractivity contribution in [2.24, 2.45) is 0 Å².